The van der Waals surface area contributed by atoms with Crippen LogP contribution in [-0.2, 0) is 7.05 Å². The van der Waals surface area contributed by atoms with Crippen molar-refractivity contribution >= 4 is 11.7 Å². The molecule has 0 unspecified atom stereocenters. The largest absolute Gasteiger partial charge is 0.393 e. The molecule has 2 heterocycles. The predicted octanol–water partition coefficient (Wildman–Crippen LogP) is 1.47. The predicted molar refractivity (Wildman–Crippen MR) is 85.0 cm³/mol. The molecule has 3 rings (SSSR count). The van der Waals surface area contributed by atoms with Crippen molar-refractivity contribution < 1.29 is 9.90 Å². The van der Waals surface area contributed by atoms with Crippen molar-refractivity contribution in [2.75, 3.05) is 4.90 Å². The van der Waals surface area contributed by atoms with E-state index in [0.29, 0.717) is 30.2 Å². The average molecular weight is 315 g/mol. The number of hydrogen-bond acceptors (Lipinski definition) is 5. The molecule has 1 aliphatic rings. The van der Waals surface area contributed by atoms with E-state index in [1.54, 1.807) is 30.4 Å². The second-order valence-electron chi connectivity index (χ2n) is 6.02. The summed E-state index contributed by atoms with van der Waals surface area (Å²) in [6, 6.07) is 1.65. The third-order valence-corrected chi connectivity index (χ3v) is 4.18. The van der Waals surface area contributed by atoms with Crippen molar-refractivity contribution in [3.8, 4) is 0 Å². The van der Waals surface area contributed by atoms with Crippen LogP contribution < -0.4 is 4.90 Å². The van der Waals surface area contributed by atoms with Crippen LogP contribution in [0, 0.1) is 6.92 Å². The monoisotopic (exact) mass is 315 g/mol. The van der Waals surface area contributed by atoms with E-state index < -0.39 is 0 Å². The highest BCUT2D eigenvalue weighted by atomic mass is 16.3. The Morgan fingerprint density at radius 1 is 1.30 bits per heavy atom. The second kappa shape index (κ2) is 6.45. The molecule has 1 amide bonds. The van der Waals surface area contributed by atoms with E-state index >= 15 is 0 Å². The highest BCUT2D eigenvalue weighted by Gasteiger charge is 2.31. The first-order chi connectivity index (χ1) is 11.0. The van der Waals surface area contributed by atoms with Crippen LogP contribution in [-0.4, -0.2) is 42.7 Å². The molecule has 122 valence electrons. The molecule has 0 aliphatic heterocycles. The molecule has 1 fully saturated rings. The number of rotatable bonds is 3. The zero-order chi connectivity index (χ0) is 16.4. The van der Waals surface area contributed by atoms with E-state index in [9.17, 15) is 9.90 Å². The molecule has 0 atom stereocenters. The zero-order valence-corrected chi connectivity index (χ0v) is 13.4. The summed E-state index contributed by atoms with van der Waals surface area (Å²) in [6.07, 6.45) is 7.75. The van der Waals surface area contributed by atoms with Gasteiger partial charge in [0.2, 0.25) is 0 Å². The quantitative estimate of drug-likeness (QED) is 0.927. The molecule has 7 nitrogen and oxygen atoms in total. The molecule has 0 spiro atoms. The highest BCUT2D eigenvalue weighted by Crippen LogP contribution is 2.28. The maximum atomic E-state index is 13.0. The van der Waals surface area contributed by atoms with Crippen LogP contribution >= 0.6 is 0 Å². The van der Waals surface area contributed by atoms with E-state index in [2.05, 4.69) is 15.0 Å². The molecular formula is C16H21N5O2. The summed E-state index contributed by atoms with van der Waals surface area (Å²) >= 11 is 0. The topological polar surface area (TPSA) is 84.1 Å². The summed E-state index contributed by atoms with van der Waals surface area (Å²) in [4.78, 5) is 27.4. The fraction of sp³-hybridized carbons (Fsp3) is 0.500. The lowest BCUT2D eigenvalue weighted by Gasteiger charge is -2.34. The van der Waals surface area contributed by atoms with E-state index in [4.69, 9.17) is 0 Å². The summed E-state index contributed by atoms with van der Waals surface area (Å²) in [5.41, 5.74) is 0.370. The van der Waals surface area contributed by atoms with E-state index in [-0.39, 0.29) is 18.1 Å². The fourth-order valence-electron chi connectivity index (χ4n) is 3.00. The lowest BCUT2D eigenvalue weighted by molar-refractivity contribution is 0.0921. The summed E-state index contributed by atoms with van der Waals surface area (Å²) < 4.78 is 1.82. The summed E-state index contributed by atoms with van der Waals surface area (Å²) in [5, 5.41) is 9.73. The van der Waals surface area contributed by atoms with Crippen molar-refractivity contribution in [3.05, 3.63) is 36.3 Å². The van der Waals surface area contributed by atoms with Crippen molar-refractivity contribution in [1.82, 2.24) is 19.5 Å². The first-order valence-corrected chi connectivity index (χ1v) is 7.84. The Kier molecular flexibility index (Phi) is 4.38. The van der Waals surface area contributed by atoms with Crippen LogP contribution in [0.4, 0.5) is 5.82 Å². The van der Waals surface area contributed by atoms with E-state index in [1.807, 2.05) is 17.8 Å². The van der Waals surface area contributed by atoms with Gasteiger partial charge in [-0.2, -0.15) is 0 Å². The molecule has 2 aromatic rings. The summed E-state index contributed by atoms with van der Waals surface area (Å²) in [6.45, 7) is 1.76. The molecule has 1 saturated carbocycles. The third-order valence-electron chi connectivity index (χ3n) is 4.18. The smallest absolute Gasteiger partial charge is 0.278 e. The van der Waals surface area contributed by atoms with Gasteiger partial charge in [-0.3, -0.25) is 9.69 Å². The Morgan fingerprint density at radius 2 is 2.04 bits per heavy atom. The Morgan fingerprint density at radius 3 is 2.65 bits per heavy atom. The maximum absolute atomic E-state index is 13.0. The number of aryl methyl sites for hydroxylation is 2. The van der Waals surface area contributed by atoms with Crippen LogP contribution in [0.3, 0.4) is 0 Å². The number of aromatic nitrogens is 4. The minimum Gasteiger partial charge on any atom is -0.393 e. The van der Waals surface area contributed by atoms with Crippen molar-refractivity contribution in [1.29, 1.82) is 0 Å². The molecule has 23 heavy (non-hydrogen) atoms. The zero-order valence-electron chi connectivity index (χ0n) is 13.4. The van der Waals surface area contributed by atoms with E-state index in [1.165, 1.54) is 0 Å². The van der Waals surface area contributed by atoms with Crippen molar-refractivity contribution in [2.45, 2.75) is 44.8 Å². The second-order valence-corrected chi connectivity index (χ2v) is 6.02. The normalized spacial score (nSPS) is 21.2. The van der Waals surface area contributed by atoms with E-state index in [0.717, 1.165) is 12.8 Å². The number of anilines is 1. The number of carbonyl (C=O) groups excluding carboxylic acids is 1. The van der Waals surface area contributed by atoms with Gasteiger partial charge >= 0.3 is 0 Å². The molecular weight excluding hydrogens is 294 g/mol. The number of aliphatic hydroxyl groups is 1. The molecule has 0 bridgehead atoms. The van der Waals surface area contributed by atoms with Crippen LogP contribution in [0.1, 0.15) is 42.0 Å². The lowest BCUT2D eigenvalue weighted by atomic mass is 9.92. The van der Waals surface area contributed by atoms with Gasteiger partial charge in [-0.25, -0.2) is 15.0 Å². The maximum Gasteiger partial charge on any atom is 0.278 e. The van der Waals surface area contributed by atoms with Crippen LogP contribution in [0.15, 0.2) is 24.8 Å². The number of carbonyl (C=O) groups is 1. The van der Waals surface area contributed by atoms with Crippen LogP contribution in [0.25, 0.3) is 0 Å². The number of nitrogens with zero attached hydrogens (tertiary/aromatic N) is 5. The van der Waals surface area contributed by atoms with Gasteiger partial charge in [0.05, 0.1) is 12.4 Å². The first-order valence-electron chi connectivity index (χ1n) is 7.84. The number of imidazole rings is 1. The van der Waals surface area contributed by atoms with Crippen molar-refractivity contribution in [2.24, 2.45) is 7.05 Å². The SMILES string of the molecule is Cc1nccc(C(=O)N(c2cn(C)cn2)C2CCC(O)CC2)n1. The molecule has 0 radical (unpaired) electrons. The highest BCUT2D eigenvalue weighted by molar-refractivity contribution is 6.04. The van der Waals surface area contributed by atoms with Gasteiger partial charge in [-0.1, -0.05) is 0 Å². The number of hydrogen-bond donors (Lipinski definition) is 1. The molecule has 0 aromatic carbocycles. The Hall–Kier alpha value is -2.28. The summed E-state index contributed by atoms with van der Waals surface area (Å²) in [7, 11) is 1.87. The van der Waals surface area contributed by atoms with Crippen LogP contribution in [0.5, 0.6) is 0 Å². The summed E-state index contributed by atoms with van der Waals surface area (Å²) in [5.74, 6) is 1.02. The minimum absolute atomic E-state index is 0.0241. The van der Waals surface area contributed by atoms with Gasteiger partial charge in [-0.05, 0) is 38.7 Å². The van der Waals surface area contributed by atoms with Gasteiger partial charge in [0.25, 0.3) is 5.91 Å². The van der Waals surface area contributed by atoms with Gasteiger partial charge in [0.15, 0.2) is 5.82 Å². The molecule has 7 heteroatoms. The van der Waals surface area contributed by atoms with Crippen LogP contribution in [0.2, 0.25) is 0 Å². The molecule has 1 aliphatic carbocycles. The first kappa shape index (κ1) is 15.6. The minimum atomic E-state index is -0.270. The molecule has 0 saturated heterocycles. The standard InChI is InChI=1S/C16H21N5O2/c1-11-17-8-7-14(19-11)16(23)21(15-9-20(2)10-18-15)12-3-5-13(22)6-4-12/h7-10,12-13,22H,3-6H2,1-2H3. The lowest BCUT2D eigenvalue weighted by Crippen LogP contribution is -2.44. The average Bonchev–Trinajstić information content (AvgIpc) is 2.95. The fourth-order valence-corrected chi connectivity index (χ4v) is 3.00. The van der Waals surface area contributed by atoms with Gasteiger partial charge in [-0.15, -0.1) is 0 Å². The Bertz CT molecular complexity index is 691. The Labute approximate surface area is 135 Å². The molecule has 2 aromatic heterocycles. The third kappa shape index (κ3) is 3.39. The van der Waals surface area contributed by atoms with Gasteiger partial charge < -0.3 is 9.67 Å². The van der Waals surface area contributed by atoms with Crippen molar-refractivity contribution in [3.63, 3.8) is 0 Å². The van der Waals surface area contributed by atoms with Gasteiger partial charge in [0.1, 0.15) is 11.5 Å². The number of amides is 1. The number of aliphatic hydroxyl groups excluding tert-OH is 1. The van der Waals surface area contributed by atoms with Gasteiger partial charge in [0, 0.05) is 25.5 Å². The molecule has 1 N–H and O–H groups in total. The Balaban J connectivity index is 1.93.